The average molecular weight is 1130 g/mol. The van der Waals surface area contributed by atoms with E-state index in [9.17, 15) is 0 Å². The minimum atomic E-state index is 0.602. The zero-order valence-electron chi connectivity index (χ0n) is 47.7. The summed E-state index contributed by atoms with van der Waals surface area (Å²) in [6.45, 7) is 0. The van der Waals surface area contributed by atoms with Crippen LogP contribution in [0.4, 0.5) is 34.4 Å². The fourth-order valence-electron chi connectivity index (χ4n) is 14.2. The summed E-state index contributed by atoms with van der Waals surface area (Å²) in [6, 6.07) is 99.2. The molecule has 412 valence electrons. The van der Waals surface area contributed by atoms with Crippen molar-refractivity contribution in [3.63, 3.8) is 0 Å². The Morgan fingerprint density at radius 3 is 1.74 bits per heavy atom. The maximum absolute atomic E-state index is 6.58. The molecule has 0 radical (unpaired) electrons. The molecule has 0 saturated heterocycles. The van der Waals surface area contributed by atoms with Gasteiger partial charge in [0.05, 0.1) is 56.6 Å². The molecule has 0 unspecified atom stereocenters. The fourth-order valence-corrected chi connectivity index (χ4v) is 14.2. The summed E-state index contributed by atoms with van der Waals surface area (Å²) >= 11 is 0. The summed E-state index contributed by atoms with van der Waals surface area (Å²) < 4.78 is 6.58. The fraction of sp³-hybridized carbons (Fsp3) is 0. The van der Waals surface area contributed by atoms with Crippen molar-refractivity contribution in [3.05, 3.63) is 285 Å². The maximum atomic E-state index is 6.58. The van der Waals surface area contributed by atoms with E-state index in [1.807, 2.05) is 42.6 Å². The third-order valence-corrected chi connectivity index (χ3v) is 18.2. The minimum absolute atomic E-state index is 0.602. The summed E-state index contributed by atoms with van der Waals surface area (Å²) in [7, 11) is 0. The quantitative estimate of drug-likeness (QED) is 0.156. The van der Waals surface area contributed by atoms with E-state index in [0.29, 0.717) is 11.8 Å². The molecule has 19 rings (SSSR count). The largest absolute Gasteiger partial charge is 0.456 e. The number of pyridine rings is 1. The van der Waals surface area contributed by atoms with E-state index >= 15 is 0 Å². The first-order valence-electron chi connectivity index (χ1n) is 30.0. The second-order valence-corrected chi connectivity index (χ2v) is 23.0. The normalized spacial score (nSPS) is 12.4. The van der Waals surface area contributed by atoms with Gasteiger partial charge in [-0.1, -0.05) is 188 Å². The van der Waals surface area contributed by atoms with Crippen molar-refractivity contribution in [1.82, 2.24) is 24.9 Å². The van der Waals surface area contributed by atoms with Crippen LogP contribution in [0.2, 0.25) is 0 Å². The van der Waals surface area contributed by atoms with Gasteiger partial charge in [-0.3, -0.25) is 9.88 Å². The van der Waals surface area contributed by atoms with Gasteiger partial charge in [0, 0.05) is 77.3 Å². The van der Waals surface area contributed by atoms with Gasteiger partial charge >= 0.3 is 0 Å². The Morgan fingerprint density at radius 2 is 0.899 bits per heavy atom. The van der Waals surface area contributed by atoms with Crippen molar-refractivity contribution < 1.29 is 4.42 Å². The molecule has 2 aliphatic rings. The summed E-state index contributed by atoms with van der Waals surface area (Å²) in [5, 5.41) is 10.8. The smallest absolute Gasteiger partial charge is 0.235 e. The van der Waals surface area contributed by atoms with Gasteiger partial charge in [-0.2, -0.15) is 0 Å². The Kier molecular flexibility index (Phi) is 10.6. The lowest BCUT2D eigenvalue weighted by Gasteiger charge is -2.34. The van der Waals surface area contributed by atoms with Crippen LogP contribution in [-0.2, 0) is 0 Å². The first kappa shape index (κ1) is 49.2. The lowest BCUT2D eigenvalue weighted by Crippen LogP contribution is -2.18. The van der Waals surface area contributed by atoms with Crippen molar-refractivity contribution in [1.29, 1.82) is 0 Å². The topological polar surface area (TPSA) is 84.1 Å². The molecule has 8 heteroatoms. The number of furan rings is 1. The second-order valence-electron chi connectivity index (χ2n) is 23.0. The highest BCUT2D eigenvalue weighted by molar-refractivity contribution is 6.19. The van der Waals surface area contributed by atoms with Gasteiger partial charge in [0.2, 0.25) is 5.95 Å². The average Bonchev–Trinajstić information content (AvgIpc) is 1.18. The highest BCUT2D eigenvalue weighted by Gasteiger charge is 2.31. The van der Waals surface area contributed by atoms with E-state index in [4.69, 9.17) is 24.4 Å². The van der Waals surface area contributed by atoms with Crippen LogP contribution in [0.5, 0.6) is 0 Å². The van der Waals surface area contributed by atoms with Gasteiger partial charge in [-0.25, -0.2) is 19.9 Å². The lowest BCUT2D eigenvalue weighted by molar-refractivity contribution is 0.669. The van der Waals surface area contributed by atoms with Crippen LogP contribution < -0.4 is 9.80 Å². The van der Waals surface area contributed by atoms with E-state index in [0.717, 1.165) is 155 Å². The van der Waals surface area contributed by atoms with Crippen molar-refractivity contribution in [3.8, 4) is 78.5 Å². The second kappa shape index (κ2) is 19.2. The molecular formula is C81H47N7O. The van der Waals surface area contributed by atoms with Gasteiger partial charge < -0.3 is 9.32 Å². The van der Waals surface area contributed by atoms with Gasteiger partial charge in [-0.15, -0.1) is 0 Å². The highest BCUT2D eigenvalue weighted by atomic mass is 16.3. The SMILES string of the molecule is c1ccc(-c2ccc(-c3nc(N4c5ccccc5-c5cc(-c6ccc7nc(-c8ccc(N9c%10ccccc%10-c%10cccc%11cccc9c%10%11)c9ccccc89)nc(-c8cccc9oc%10ccccc%10c89)c7c6)cc6cccc4c56)nc4ccccc34)cc2)nc1. The molecule has 0 N–H and O–H groups in total. The van der Waals surface area contributed by atoms with Crippen molar-refractivity contribution in [2.45, 2.75) is 0 Å². The van der Waals surface area contributed by atoms with Crippen LogP contribution in [0, 0.1) is 0 Å². The monoisotopic (exact) mass is 1130 g/mol. The molecule has 8 nitrogen and oxygen atoms in total. The van der Waals surface area contributed by atoms with Gasteiger partial charge in [0.1, 0.15) is 11.2 Å². The molecule has 0 saturated carbocycles. The Morgan fingerprint density at radius 1 is 0.281 bits per heavy atom. The molecular weight excluding hydrogens is 1090 g/mol. The predicted molar refractivity (Wildman–Crippen MR) is 365 cm³/mol. The van der Waals surface area contributed by atoms with Crippen molar-refractivity contribution in [2.24, 2.45) is 0 Å². The van der Waals surface area contributed by atoms with E-state index < -0.39 is 0 Å². The number of nitrogens with zero attached hydrogens (tertiary/aromatic N) is 7. The third-order valence-electron chi connectivity index (χ3n) is 18.2. The minimum Gasteiger partial charge on any atom is -0.456 e. The first-order valence-corrected chi connectivity index (χ1v) is 30.0. The molecule has 17 aromatic rings. The van der Waals surface area contributed by atoms with Crippen LogP contribution in [0.15, 0.2) is 290 Å². The number of rotatable bonds is 7. The molecule has 13 aromatic carbocycles. The number of hydrogen-bond acceptors (Lipinski definition) is 8. The van der Waals surface area contributed by atoms with Crippen LogP contribution >= 0.6 is 0 Å². The van der Waals surface area contributed by atoms with Crippen LogP contribution in [-0.4, -0.2) is 24.9 Å². The molecule has 0 fully saturated rings. The summed E-state index contributed by atoms with van der Waals surface area (Å²) in [6.07, 6.45) is 1.83. The van der Waals surface area contributed by atoms with Crippen LogP contribution in [0.1, 0.15) is 0 Å². The Balaban J connectivity index is 0.777. The molecule has 0 aliphatic carbocycles. The number of para-hydroxylation sites is 4. The standard InChI is InChI=1S/C81H47N7O/c1-2-21-55-54(20-1)59(41-43-70(55)87-68-30-8-4-22-56(68)58-26-13-17-49-18-14-32-71(87)75(49)58)80-83-67-42-40-51(46-64(67)79(85-80)62-27-16-35-74-77(62)61-25-6-10-34-73(61)89-74)53-45-52-19-15-33-72-76(52)63(47-53)57-23-5-9-31-69(57)88(72)81-84-66-29-7-3-24-60(66)78(86-81)50-38-36-48(37-39-50)65-28-11-12-44-82-65/h1-47H. The van der Waals surface area contributed by atoms with E-state index in [2.05, 4.69) is 257 Å². The molecule has 2 aliphatic heterocycles. The van der Waals surface area contributed by atoms with E-state index in [-0.39, 0.29) is 0 Å². The number of anilines is 6. The molecule has 0 bridgehead atoms. The van der Waals surface area contributed by atoms with Gasteiger partial charge in [0.15, 0.2) is 5.82 Å². The molecule has 4 aromatic heterocycles. The first-order chi connectivity index (χ1) is 44.1. The molecule has 6 heterocycles. The molecule has 0 atom stereocenters. The zero-order valence-corrected chi connectivity index (χ0v) is 47.7. The van der Waals surface area contributed by atoms with Crippen LogP contribution in [0.25, 0.3) is 155 Å². The lowest BCUT2D eigenvalue weighted by atomic mass is 9.88. The summed E-state index contributed by atoms with van der Waals surface area (Å²) in [5.74, 6) is 1.24. The van der Waals surface area contributed by atoms with Gasteiger partial charge in [-0.05, 0) is 129 Å². The molecule has 0 amide bonds. The van der Waals surface area contributed by atoms with Gasteiger partial charge in [0.25, 0.3) is 0 Å². The van der Waals surface area contributed by atoms with E-state index in [1.165, 1.54) is 21.9 Å². The predicted octanol–water partition coefficient (Wildman–Crippen LogP) is 21.6. The summed E-state index contributed by atoms with van der Waals surface area (Å²) in [5.41, 5.74) is 22.1. The molecule has 0 spiro atoms. The van der Waals surface area contributed by atoms with Crippen molar-refractivity contribution >= 4 is 110 Å². The number of benzene rings is 13. The summed E-state index contributed by atoms with van der Waals surface area (Å²) in [4.78, 5) is 31.4. The van der Waals surface area contributed by atoms with Crippen LogP contribution in [0.3, 0.4) is 0 Å². The third kappa shape index (κ3) is 7.51. The number of aromatic nitrogens is 5. The van der Waals surface area contributed by atoms with Crippen molar-refractivity contribution in [2.75, 3.05) is 9.80 Å². The number of hydrogen-bond donors (Lipinski definition) is 0. The highest BCUT2D eigenvalue weighted by Crippen LogP contribution is 2.55. The number of fused-ring (bicyclic) bond motifs is 10. The zero-order chi connectivity index (χ0) is 58.3. The Bertz CT molecular complexity index is 5830. The Hall–Kier alpha value is -12.1. The molecule has 89 heavy (non-hydrogen) atoms. The van der Waals surface area contributed by atoms with E-state index in [1.54, 1.807) is 0 Å². The maximum Gasteiger partial charge on any atom is 0.235 e. The Labute approximate surface area is 510 Å².